The van der Waals surface area contributed by atoms with Crippen LogP contribution >= 0.6 is 11.3 Å². The predicted octanol–water partition coefficient (Wildman–Crippen LogP) is 3.90. The number of carbonyl (C=O) groups is 1. The van der Waals surface area contributed by atoms with Gasteiger partial charge < -0.3 is 10.2 Å². The monoisotopic (exact) mass is 363 g/mol. The minimum absolute atomic E-state index is 0.0400. The van der Waals surface area contributed by atoms with E-state index in [2.05, 4.69) is 22.2 Å². The molecule has 0 spiro atoms. The van der Waals surface area contributed by atoms with Crippen LogP contribution < -0.4 is 5.32 Å². The van der Waals surface area contributed by atoms with Crippen LogP contribution in [0.15, 0.2) is 60.7 Å². The molecule has 2 heterocycles. The Hall–Kier alpha value is -2.50. The molecule has 1 aliphatic rings. The molecule has 1 amide bonds. The van der Waals surface area contributed by atoms with E-state index in [0.717, 1.165) is 36.3 Å². The molecule has 5 heteroatoms. The highest BCUT2D eigenvalue weighted by molar-refractivity contribution is 7.15. The van der Waals surface area contributed by atoms with Crippen molar-refractivity contribution in [1.82, 2.24) is 9.88 Å². The summed E-state index contributed by atoms with van der Waals surface area (Å²) in [6.45, 7) is 1.92. The van der Waals surface area contributed by atoms with Crippen molar-refractivity contribution in [2.45, 2.75) is 18.9 Å². The van der Waals surface area contributed by atoms with Crippen LogP contribution in [0.4, 0.5) is 5.13 Å². The molecule has 26 heavy (non-hydrogen) atoms. The maximum Gasteiger partial charge on any atom is 0.238 e. The molecule has 0 aliphatic carbocycles. The average Bonchev–Trinajstić information content (AvgIpc) is 3.05. The average molecular weight is 363 g/mol. The number of anilines is 1. The standard InChI is InChI=1S/C21H21N3OS/c1-24-13-12-17-18(14-24)26-21(22-17)23-20(25)19(15-8-4-2-5-9-15)16-10-6-3-7-11-16/h2-11,19H,12-14H2,1H3,(H,22,23,25). The fourth-order valence-corrected chi connectivity index (χ4v) is 4.43. The van der Waals surface area contributed by atoms with Crippen LogP contribution in [0, 0.1) is 0 Å². The number of carbonyl (C=O) groups excluding carboxylic acids is 1. The smallest absolute Gasteiger partial charge is 0.238 e. The van der Waals surface area contributed by atoms with Crippen LogP contribution in [0.5, 0.6) is 0 Å². The zero-order valence-electron chi connectivity index (χ0n) is 14.7. The van der Waals surface area contributed by atoms with Crippen LogP contribution in [0.2, 0.25) is 0 Å². The summed E-state index contributed by atoms with van der Waals surface area (Å²) in [5.74, 6) is -0.386. The molecule has 4 rings (SSSR count). The van der Waals surface area contributed by atoms with E-state index in [-0.39, 0.29) is 11.8 Å². The molecule has 0 bridgehead atoms. The Morgan fingerprint density at radius 1 is 1.08 bits per heavy atom. The van der Waals surface area contributed by atoms with Gasteiger partial charge in [-0.1, -0.05) is 60.7 Å². The van der Waals surface area contributed by atoms with Crippen molar-refractivity contribution in [3.8, 4) is 0 Å². The van der Waals surface area contributed by atoms with Gasteiger partial charge in [0.2, 0.25) is 5.91 Å². The first kappa shape index (κ1) is 16.9. The Labute approximate surface area is 157 Å². The number of hydrogen-bond donors (Lipinski definition) is 1. The molecule has 0 saturated carbocycles. The number of aromatic nitrogens is 1. The predicted molar refractivity (Wildman–Crippen MR) is 106 cm³/mol. The molecule has 0 saturated heterocycles. The number of likely N-dealkylation sites (N-methyl/N-ethyl adjacent to an activating group) is 1. The Morgan fingerprint density at radius 2 is 1.69 bits per heavy atom. The Bertz CT molecular complexity index is 853. The summed E-state index contributed by atoms with van der Waals surface area (Å²) in [6, 6.07) is 19.8. The Morgan fingerprint density at radius 3 is 2.31 bits per heavy atom. The second-order valence-corrected chi connectivity index (χ2v) is 7.70. The van der Waals surface area contributed by atoms with Crippen LogP contribution in [0.25, 0.3) is 0 Å². The number of nitrogens with zero attached hydrogens (tertiary/aromatic N) is 2. The van der Waals surface area contributed by atoms with E-state index in [1.165, 1.54) is 4.88 Å². The van der Waals surface area contributed by atoms with E-state index in [9.17, 15) is 4.79 Å². The lowest BCUT2D eigenvalue weighted by Gasteiger charge is -2.20. The van der Waals surface area contributed by atoms with Crippen LogP contribution in [-0.2, 0) is 17.8 Å². The fraction of sp³-hybridized carbons (Fsp3) is 0.238. The van der Waals surface area contributed by atoms with Gasteiger partial charge in [-0.25, -0.2) is 4.98 Å². The maximum atomic E-state index is 13.1. The van der Waals surface area contributed by atoms with Gasteiger partial charge in [-0.3, -0.25) is 4.79 Å². The Kier molecular flexibility index (Phi) is 4.82. The highest BCUT2D eigenvalue weighted by atomic mass is 32.1. The van der Waals surface area contributed by atoms with Gasteiger partial charge in [0.05, 0.1) is 11.6 Å². The first-order valence-electron chi connectivity index (χ1n) is 8.78. The van der Waals surface area contributed by atoms with Crippen molar-refractivity contribution in [2.75, 3.05) is 18.9 Å². The van der Waals surface area contributed by atoms with Gasteiger partial charge in [-0.05, 0) is 18.2 Å². The van der Waals surface area contributed by atoms with E-state index in [1.807, 2.05) is 60.7 Å². The summed E-state index contributed by atoms with van der Waals surface area (Å²) in [4.78, 5) is 21.3. The lowest BCUT2D eigenvalue weighted by Crippen LogP contribution is -2.25. The maximum absolute atomic E-state index is 13.1. The quantitative estimate of drug-likeness (QED) is 0.765. The third-order valence-corrected chi connectivity index (χ3v) is 5.68. The fourth-order valence-electron chi connectivity index (χ4n) is 3.34. The Balaban J connectivity index is 1.61. The van der Waals surface area contributed by atoms with Crippen LogP contribution in [0.1, 0.15) is 27.6 Å². The van der Waals surface area contributed by atoms with Crippen molar-refractivity contribution in [1.29, 1.82) is 0 Å². The van der Waals surface area contributed by atoms with Crippen molar-refractivity contribution in [3.05, 3.63) is 82.4 Å². The van der Waals surface area contributed by atoms with Gasteiger partial charge in [0.25, 0.3) is 0 Å². The van der Waals surface area contributed by atoms with Crippen LogP contribution in [0.3, 0.4) is 0 Å². The molecule has 2 aromatic carbocycles. The summed E-state index contributed by atoms with van der Waals surface area (Å²) in [6.07, 6.45) is 0.943. The van der Waals surface area contributed by atoms with Gasteiger partial charge in [0.15, 0.2) is 5.13 Å². The van der Waals surface area contributed by atoms with Gasteiger partial charge >= 0.3 is 0 Å². The third-order valence-electron chi connectivity index (χ3n) is 4.68. The van der Waals surface area contributed by atoms with E-state index in [1.54, 1.807) is 11.3 Å². The minimum Gasteiger partial charge on any atom is -0.301 e. The molecule has 0 atom stereocenters. The minimum atomic E-state index is -0.346. The normalized spacial score (nSPS) is 14.2. The lowest BCUT2D eigenvalue weighted by molar-refractivity contribution is -0.116. The van der Waals surface area contributed by atoms with Crippen molar-refractivity contribution >= 4 is 22.4 Å². The van der Waals surface area contributed by atoms with Crippen molar-refractivity contribution < 1.29 is 4.79 Å². The number of rotatable bonds is 4. The third kappa shape index (κ3) is 3.54. The summed E-state index contributed by atoms with van der Waals surface area (Å²) < 4.78 is 0. The molecule has 132 valence electrons. The van der Waals surface area contributed by atoms with E-state index in [4.69, 9.17) is 0 Å². The number of thiazole rings is 1. The second kappa shape index (κ2) is 7.40. The van der Waals surface area contributed by atoms with E-state index in [0.29, 0.717) is 5.13 Å². The van der Waals surface area contributed by atoms with Gasteiger partial charge in [0.1, 0.15) is 0 Å². The number of fused-ring (bicyclic) bond motifs is 1. The van der Waals surface area contributed by atoms with Crippen molar-refractivity contribution in [2.24, 2.45) is 0 Å². The first-order chi connectivity index (χ1) is 12.7. The van der Waals surface area contributed by atoms with Gasteiger partial charge in [-0.15, -0.1) is 11.3 Å². The molecule has 0 fully saturated rings. The number of benzene rings is 2. The largest absolute Gasteiger partial charge is 0.301 e. The van der Waals surface area contributed by atoms with Gasteiger partial charge in [-0.2, -0.15) is 0 Å². The molecule has 0 radical (unpaired) electrons. The molecule has 1 aliphatic heterocycles. The van der Waals surface area contributed by atoms with Crippen molar-refractivity contribution in [3.63, 3.8) is 0 Å². The van der Waals surface area contributed by atoms with E-state index < -0.39 is 0 Å². The highest BCUT2D eigenvalue weighted by Crippen LogP contribution is 2.30. The SMILES string of the molecule is CN1CCc2nc(NC(=O)C(c3ccccc3)c3ccccc3)sc2C1. The zero-order chi connectivity index (χ0) is 17.9. The molecule has 3 aromatic rings. The molecular weight excluding hydrogens is 342 g/mol. The molecular formula is C21H21N3OS. The molecule has 0 unspecified atom stereocenters. The highest BCUT2D eigenvalue weighted by Gasteiger charge is 2.25. The topological polar surface area (TPSA) is 45.2 Å². The number of hydrogen-bond acceptors (Lipinski definition) is 4. The summed E-state index contributed by atoms with van der Waals surface area (Å²) in [5, 5.41) is 3.76. The second-order valence-electron chi connectivity index (χ2n) is 6.62. The number of amides is 1. The summed E-state index contributed by atoms with van der Waals surface area (Å²) in [7, 11) is 2.11. The summed E-state index contributed by atoms with van der Waals surface area (Å²) >= 11 is 1.59. The lowest BCUT2D eigenvalue weighted by atomic mass is 9.90. The van der Waals surface area contributed by atoms with Crippen LogP contribution in [-0.4, -0.2) is 29.4 Å². The first-order valence-corrected chi connectivity index (χ1v) is 9.60. The number of nitrogens with one attached hydrogen (secondary N) is 1. The van der Waals surface area contributed by atoms with E-state index >= 15 is 0 Å². The molecule has 4 nitrogen and oxygen atoms in total. The molecule has 1 aromatic heterocycles. The molecule has 1 N–H and O–H groups in total. The zero-order valence-corrected chi connectivity index (χ0v) is 15.5. The van der Waals surface area contributed by atoms with Gasteiger partial charge in [0, 0.05) is 24.4 Å². The summed E-state index contributed by atoms with van der Waals surface area (Å²) in [5.41, 5.74) is 3.09.